The van der Waals surface area contributed by atoms with E-state index in [2.05, 4.69) is 422 Å². The summed E-state index contributed by atoms with van der Waals surface area (Å²) in [6.45, 7) is 0. The zero-order valence-corrected chi connectivity index (χ0v) is 63.1. The van der Waals surface area contributed by atoms with E-state index in [1.54, 1.807) is 0 Å². The maximum absolute atomic E-state index is 6.37. The van der Waals surface area contributed by atoms with Crippen molar-refractivity contribution in [2.75, 3.05) is 0 Å². The molecule has 0 fully saturated rings. The minimum Gasteiger partial charge on any atom is -0.456 e. The second kappa shape index (κ2) is 27.2. The van der Waals surface area contributed by atoms with Crippen molar-refractivity contribution < 1.29 is 8.83 Å². The molecule has 4 aromatic heterocycles. The maximum Gasteiger partial charge on any atom is 0.136 e. The van der Waals surface area contributed by atoms with Gasteiger partial charge in [-0.25, -0.2) is 0 Å². The lowest BCUT2D eigenvalue weighted by Gasteiger charge is -2.19. The Morgan fingerprint density at radius 1 is 0.155 bits per heavy atom. The molecule has 116 heavy (non-hydrogen) atoms. The average molecular weight is 1480 g/mol. The zero-order chi connectivity index (χ0) is 76.3. The molecule has 0 aliphatic carbocycles. The third-order valence-electron chi connectivity index (χ3n) is 24.0. The van der Waals surface area contributed by atoms with Gasteiger partial charge in [-0.05, 0) is 194 Å². The predicted molar refractivity (Wildman–Crippen MR) is 490 cm³/mol. The summed E-state index contributed by atoms with van der Waals surface area (Å²) in [6, 6.07) is 154. The highest BCUT2D eigenvalue weighted by Gasteiger charge is 2.26. The van der Waals surface area contributed by atoms with Crippen LogP contribution in [0.25, 0.3) is 231 Å². The monoisotopic (exact) mass is 1470 g/mol. The molecule has 24 aromatic rings. The van der Waals surface area contributed by atoms with Crippen LogP contribution in [0.5, 0.6) is 0 Å². The first kappa shape index (κ1) is 66.4. The number of benzene rings is 20. The molecule has 540 valence electrons. The standard InChI is InChI=1S/C56H36N2.C56H34O2/c1-4-18-37(19-5-1)54-44-28-14-26-40(46-30-16-32-48-42-24-10-12-34-52(42)57(55(46)48)38-20-6-2-7-21-38)50(44)36-51-41(27-15-29-45(51)54)47-31-17-33-49-43-25-11-13-35-53(43)58(56(47)49)39-22-8-3-9-23-39;1-2-16-35(17-3-1)54-44-26-12-24-40(36-18-4-6-20-38(36)42-28-14-32-52-55(42)46-22-8-10-30-50(46)57-52)48(44)34-49-41(25-13-27-45(49)54)37-19-5-7-21-39(37)43-29-15-33-53-56(43)47-23-9-11-31-51(47)58-53/h1-36H;1-34H. The summed E-state index contributed by atoms with van der Waals surface area (Å²) in [5.41, 5.74) is 29.9. The highest BCUT2D eigenvalue weighted by atomic mass is 16.3. The zero-order valence-electron chi connectivity index (χ0n) is 63.1. The Hall–Kier alpha value is -15.4. The topological polar surface area (TPSA) is 36.1 Å². The summed E-state index contributed by atoms with van der Waals surface area (Å²) in [5, 5.41) is 19.3. The van der Waals surface area contributed by atoms with Gasteiger partial charge in [-0.15, -0.1) is 0 Å². The fourth-order valence-electron chi connectivity index (χ4n) is 19.2. The second-order valence-corrected chi connectivity index (χ2v) is 30.3. The van der Waals surface area contributed by atoms with E-state index in [9.17, 15) is 0 Å². The average Bonchev–Trinajstić information content (AvgIpc) is 1.67. The SMILES string of the molecule is c1ccc(-c2c3cccc(-c4cccc5c6ccccc6n(-c6ccccc6)c45)c3cc3c(-c4cccc5c6ccccc6n(-c6ccccc6)c45)cccc23)cc1.c1ccc(-c2c3cccc(-c4ccccc4-c4cccc5oc6ccccc6c45)c3cc3c(-c4ccccc4-c4cccc5oc6ccccc6c45)cccc23)cc1. The third kappa shape index (κ3) is 10.5. The highest BCUT2D eigenvalue weighted by Crippen LogP contribution is 2.52. The van der Waals surface area contributed by atoms with Crippen LogP contribution >= 0.6 is 0 Å². The van der Waals surface area contributed by atoms with Crippen molar-refractivity contribution in [3.63, 3.8) is 0 Å². The van der Waals surface area contributed by atoms with E-state index in [-0.39, 0.29) is 0 Å². The molecule has 0 aliphatic heterocycles. The van der Waals surface area contributed by atoms with E-state index in [0.29, 0.717) is 0 Å². The second-order valence-electron chi connectivity index (χ2n) is 30.3. The number of rotatable bonds is 10. The molecule has 0 spiro atoms. The number of fused-ring (bicyclic) bond motifs is 16. The first-order valence-corrected chi connectivity index (χ1v) is 39.9. The lowest BCUT2D eigenvalue weighted by molar-refractivity contribution is 0.668. The molecule has 4 heterocycles. The molecule has 0 amide bonds. The molecule has 0 atom stereocenters. The lowest BCUT2D eigenvalue weighted by atomic mass is 9.83. The number of furan rings is 2. The molecule has 0 saturated heterocycles. The molecule has 24 rings (SSSR count). The minimum atomic E-state index is 0.895. The number of para-hydroxylation sites is 8. The minimum absolute atomic E-state index is 0.895. The summed E-state index contributed by atoms with van der Waals surface area (Å²) in [7, 11) is 0. The van der Waals surface area contributed by atoms with Gasteiger partial charge in [0.1, 0.15) is 22.3 Å². The summed E-state index contributed by atoms with van der Waals surface area (Å²) < 4.78 is 17.7. The van der Waals surface area contributed by atoms with Gasteiger partial charge >= 0.3 is 0 Å². The van der Waals surface area contributed by atoms with E-state index in [4.69, 9.17) is 8.83 Å². The molecule has 4 nitrogen and oxygen atoms in total. The van der Waals surface area contributed by atoms with Crippen molar-refractivity contribution in [2.24, 2.45) is 0 Å². The largest absolute Gasteiger partial charge is 0.456 e. The first-order chi connectivity index (χ1) is 57.6. The molecular formula is C112H70N2O2. The van der Waals surface area contributed by atoms with Gasteiger partial charge in [0.25, 0.3) is 0 Å². The molecule has 0 unspecified atom stereocenters. The van der Waals surface area contributed by atoms with Crippen LogP contribution in [0.15, 0.2) is 433 Å². The number of nitrogens with zero attached hydrogens (tertiary/aromatic N) is 2. The van der Waals surface area contributed by atoms with Gasteiger partial charge in [0, 0.05) is 65.6 Å². The fourth-order valence-corrected chi connectivity index (χ4v) is 19.2. The van der Waals surface area contributed by atoms with Crippen LogP contribution in [0.4, 0.5) is 0 Å². The van der Waals surface area contributed by atoms with Gasteiger partial charge in [0.2, 0.25) is 0 Å². The van der Waals surface area contributed by atoms with Crippen molar-refractivity contribution >= 4 is 131 Å². The van der Waals surface area contributed by atoms with Gasteiger partial charge < -0.3 is 18.0 Å². The molecule has 0 radical (unpaired) electrons. The van der Waals surface area contributed by atoms with Gasteiger partial charge in [-0.2, -0.15) is 0 Å². The van der Waals surface area contributed by atoms with Crippen LogP contribution in [-0.4, -0.2) is 9.13 Å². The summed E-state index contributed by atoms with van der Waals surface area (Å²) in [6.07, 6.45) is 0. The van der Waals surface area contributed by atoms with Gasteiger partial charge in [0.05, 0.1) is 22.1 Å². The summed E-state index contributed by atoms with van der Waals surface area (Å²) in [4.78, 5) is 0. The van der Waals surface area contributed by atoms with Crippen molar-refractivity contribution in [2.45, 2.75) is 0 Å². The van der Waals surface area contributed by atoms with Crippen LogP contribution in [0, 0.1) is 0 Å². The molecule has 0 aliphatic rings. The maximum atomic E-state index is 6.37. The van der Waals surface area contributed by atoms with Crippen LogP contribution in [0.3, 0.4) is 0 Å². The van der Waals surface area contributed by atoms with Crippen LogP contribution in [0.2, 0.25) is 0 Å². The predicted octanol–water partition coefficient (Wildman–Crippen LogP) is 31.3. The van der Waals surface area contributed by atoms with Gasteiger partial charge in [0.15, 0.2) is 0 Å². The molecule has 4 heteroatoms. The van der Waals surface area contributed by atoms with E-state index in [1.807, 2.05) is 12.1 Å². The lowest BCUT2D eigenvalue weighted by Crippen LogP contribution is -1.96. The van der Waals surface area contributed by atoms with Crippen molar-refractivity contribution in [3.05, 3.63) is 425 Å². The molecule has 0 N–H and O–H groups in total. The van der Waals surface area contributed by atoms with Crippen LogP contribution in [0.1, 0.15) is 0 Å². The van der Waals surface area contributed by atoms with Crippen LogP contribution < -0.4 is 0 Å². The van der Waals surface area contributed by atoms with E-state index < -0.39 is 0 Å². The van der Waals surface area contributed by atoms with E-state index in [1.165, 1.54) is 165 Å². The Morgan fingerprint density at radius 3 is 0.784 bits per heavy atom. The summed E-state index contributed by atoms with van der Waals surface area (Å²) >= 11 is 0. The Kier molecular flexibility index (Phi) is 15.6. The van der Waals surface area contributed by atoms with Gasteiger partial charge in [-0.1, -0.05) is 352 Å². The van der Waals surface area contributed by atoms with Crippen molar-refractivity contribution in [1.29, 1.82) is 0 Å². The number of hydrogen-bond acceptors (Lipinski definition) is 2. The number of aromatic nitrogens is 2. The molecular weight excluding hydrogens is 1410 g/mol. The van der Waals surface area contributed by atoms with E-state index in [0.717, 1.165) is 66.4 Å². The Labute approximate surface area is 669 Å². The van der Waals surface area contributed by atoms with Crippen LogP contribution in [-0.2, 0) is 0 Å². The Bertz CT molecular complexity index is 7630. The van der Waals surface area contributed by atoms with Crippen molar-refractivity contribution in [1.82, 2.24) is 9.13 Å². The molecule has 0 saturated carbocycles. The van der Waals surface area contributed by atoms with E-state index >= 15 is 0 Å². The normalized spacial score (nSPS) is 11.8. The number of hydrogen-bond donors (Lipinski definition) is 0. The Balaban J connectivity index is 0.000000137. The molecule has 20 aromatic carbocycles. The highest BCUT2D eigenvalue weighted by molar-refractivity contribution is 6.26. The quantitative estimate of drug-likeness (QED) is 0.128. The fraction of sp³-hybridized carbons (Fsp3) is 0. The third-order valence-corrected chi connectivity index (χ3v) is 24.0. The van der Waals surface area contributed by atoms with Crippen molar-refractivity contribution in [3.8, 4) is 100 Å². The smallest absolute Gasteiger partial charge is 0.136 e. The first-order valence-electron chi connectivity index (χ1n) is 39.9. The summed E-state index contributed by atoms with van der Waals surface area (Å²) in [5.74, 6) is 0. The van der Waals surface area contributed by atoms with Gasteiger partial charge in [-0.3, -0.25) is 0 Å². The molecule has 0 bridgehead atoms. The Morgan fingerprint density at radius 2 is 0.405 bits per heavy atom.